The summed E-state index contributed by atoms with van der Waals surface area (Å²) in [5.74, 6) is 0.574. The monoisotopic (exact) mass is 321 g/mol. The van der Waals surface area contributed by atoms with E-state index in [1.54, 1.807) is 37.5 Å². The number of amides is 1. The van der Waals surface area contributed by atoms with Crippen molar-refractivity contribution in [1.82, 2.24) is 19.9 Å². The van der Waals surface area contributed by atoms with Crippen molar-refractivity contribution in [1.29, 1.82) is 0 Å². The molecule has 0 saturated heterocycles. The first kappa shape index (κ1) is 15.9. The van der Waals surface area contributed by atoms with Gasteiger partial charge >= 0.3 is 0 Å². The SMILES string of the molecule is CN(C)C(=O)c1cc(-c2cnc(N(C)C)nc2)nc2ccccc12. The highest BCUT2D eigenvalue weighted by Crippen LogP contribution is 2.25. The minimum Gasteiger partial charge on any atom is -0.347 e. The summed E-state index contributed by atoms with van der Waals surface area (Å²) in [5.41, 5.74) is 2.86. The molecule has 1 aromatic carbocycles. The van der Waals surface area contributed by atoms with Crippen LogP contribution >= 0.6 is 0 Å². The molecule has 1 amide bonds. The molecule has 2 aromatic heterocycles. The normalized spacial score (nSPS) is 10.7. The molecule has 0 aliphatic carbocycles. The number of aromatic nitrogens is 3. The van der Waals surface area contributed by atoms with Gasteiger partial charge < -0.3 is 9.80 Å². The van der Waals surface area contributed by atoms with Crippen LogP contribution in [0.2, 0.25) is 0 Å². The second-order valence-corrected chi connectivity index (χ2v) is 5.94. The topological polar surface area (TPSA) is 62.2 Å². The number of benzene rings is 1. The van der Waals surface area contributed by atoms with Crippen molar-refractivity contribution in [2.75, 3.05) is 33.1 Å². The fourth-order valence-electron chi connectivity index (χ4n) is 2.43. The molecule has 6 nitrogen and oxygen atoms in total. The largest absolute Gasteiger partial charge is 0.347 e. The predicted molar refractivity (Wildman–Crippen MR) is 95.1 cm³/mol. The Morgan fingerprint density at radius 1 is 1.00 bits per heavy atom. The van der Waals surface area contributed by atoms with E-state index in [0.717, 1.165) is 16.5 Å². The Morgan fingerprint density at radius 2 is 1.67 bits per heavy atom. The van der Waals surface area contributed by atoms with Crippen LogP contribution in [0, 0.1) is 0 Å². The number of hydrogen-bond donors (Lipinski definition) is 0. The van der Waals surface area contributed by atoms with E-state index < -0.39 is 0 Å². The molecule has 122 valence electrons. The molecular weight excluding hydrogens is 302 g/mol. The lowest BCUT2D eigenvalue weighted by Crippen LogP contribution is -2.22. The summed E-state index contributed by atoms with van der Waals surface area (Å²) in [4.78, 5) is 29.2. The quantitative estimate of drug-likeness (QED) is 0.741. The molecule has 0 spiro atoms. The predicted octanol–water partition coefficient (Wildman–Crippen LogP) is 2.46. The summed E-state index contributed by atoms with van der Waals surface area (Å²) < 4.78 is 0. The molecule has 24 heavy (non-hydrogen) atoms. The summed E-state index contributed by atoms with van der Waals surface area (Å²) in [6, 6.07) is 9.44. The van der Waals surface area contributed by atoms with Crippen molar-refractivity contribution < 1.29 is 4.79 Å². The molecular formula is C18H19N5O. The van der Waals surface area contributed by atoms with Crippen LogP contribution in [-0.2, 0) is 0 Å². The molecule has 0 aliphatic heterocycles. The maximum atomic E-state index is 12.5. The third-order valence-electron chi connectivity index (χ3n) is 3.69. The zero-order valence-corrected chi connectivity index (χ0v) is 14.2. The van der Waals surface area contributed by atoms with Crippen LogP contribution in [0.5, 0.6) is 0 Å². The van der Waals surface area contributed by atoms with Crippen LogP contribution in [0.15, 0.2) is 42.7 Å². The minimum absolute atomic E-state index is 0.0549. The zero-order chi connectivity index (χ0) is 17.3. The number of carbonyl (C=O) groups is 1. The van der Waals surface area contributed by atoms with Crippen LogP contribution in [0.3, 0.4) is 0 Å². The van der Waals surface area contributed by atoms with Crippen molar-refractivity contribution >= 4 is 22.8 Å². The van der Waals surface area contributed by atoms with Gasteiger partial charge in [-0.25, -0.2) is 15.0 Å². The van der Waals surface area contributed by atoms with Gasteiger partial charge in [0.25, 0.3) is 5.91 Å². The van der Waals surface area contributed by atoms with Crippen molar-refractivity contribution in [2.24, 2.45) is 0 Å². The average molecular weight is 321 g/mol. The highest BCUT2D eigenvalue weighted by Gasteiger charge is 2.15. The van der Waals surface area contributed by atoms with E-state index >= 15 is 0 Å². The molecule has 0 fully saturated rings. The summed E-state index contributed by atoms with van der Waals surface area (Å²) >= 11 is 0. The Morgan fingerprint density at radius 3 is 2.29 bits per heavy atom. The second kappa shape index (κ2) is 6.23. The summed E-state index contributed by atoms with van der Waals surface area (Å²) in [5, 5.41) is 0.839. The third-order valence-corrected chi connectivity index (χ3v) is 3.69. The smallest absolute Gasteiger partial charge is 0.254 e. The van der Waals surface area contributed by atoms with Crippen LogP contribution in [-0.4, -0.2) is 53.9 Å². The van der Waals surface area contributed by atoms with Gasteiger partial charge in [0, 0.05) is 51.5 Å². The van der Waals surface area contributed by atoms with E-state index in [1.165, 1.54) is 0 Å². The molecule has 0 saturated carbocycles. The summed E-state index contributed by atoms with van der Waals surface area (Å²) in [7, 11) is 7.26. The average Bonchev–Trinajstić information content (AvgIpc) is 2.60. The summed E-state index contributed by atoms with van der Waals surface area (Å²) in [6.45, 7) is 0. The van der Waals surface area contributed by atoms with Gasteiger partial charge in [-0.05, 0) is 12.1 Å². The number of carbonyl (C=O) groups excluding carboxylic acids is 1. The van der Waals surface area contributed by atoms with Crippen molar-refractivity contribution in [2.45, 2.75) is 0 Å². The Hall–Kier alpha value is -3.02. The van der Waals surface area contributed by atoms with Crippen molar-refractivity contribution in [3.05, 3.63) is 48.3 Å². The lowest BCUT2D eigenvalue weighted by Gasteiger charge is -2.14. The Balaban J connectivity index is 2.16. The molecule has 2 heterocycles. The third kappa shape index (κ3) is 2.90. The van der Waals surface area contributed by atoms with Crippen LogP contribution in [0.25, 0.3) is 22.2 Å². The van der Waals surface area contributed by atoms with Gasteiger partial charge in [-0.15, -0.1) is 0 Å². The van der Waals surface area contributed by atoms with Gasteiger partial charge in [-0.1, -0.05) is 18.2 Å². The van der Waals surface area contributed by atoms with Gasteiger partial charge in [0.2, 0.25) is 5.95 Å². The van der Waals surface area contributed by atoms with E-state index in [2.05, 4.69) is 15.0 Å². The maximum absolute atomic E-state index is 12.5. The van der Waals surface area contributed by atoms with E-state index in [-0.39, 0.29) is 5.91 Å². The fraction of sp³-hybridized carbons (Fsp3) is 0.222. The molecule has 0 aliphatic rings. The lowest BCUT2D eigenvalue weighted by atomic mass is 10.0. The number of hydrogen-bond acceptors (Lipinski definition) is 5. The highest BCUT2D eigenvalue weighted by atomic mass is 16.2. The first-order valence-electron chi connectivity index (χ1n) is 7.58. The number of para-hydroxylation sites is 1. The molecule has 0 N–H and O–H groups in total. The number of nitrogens with zero attached hydrogens (tertiary/aromatic N) is 5. The number of pyridine rings is 1. The van der Waals surface area contributed by atoms with Crippen molar-refractivity contribution in [3.63, 3.8) is 0 Å². The van der Waals surface area contributed by atoms with Gasteiger partial charge in [-0.2, -0.15) is 0 Å². The number of rotatable bonds is 3. The minimum atomic E-state index is -0.0549. The molecule has 6 heteroatoms. The van der Waals surface area contributed by atoms with E-state index in [4.69, 9.17) is 0 Å². The van der Waals surface area contributed by atoms with Gasteiger partial charge in [0.1, 0.15) is 0 Å². The van der Waals surface area contributed by atoms with E-state index in [9.17, 15) is 4.79 Å². The standard InChI is InChI=1S/C18H19N5O/c1-22(2)17(24)14-9-16(21-15-8-6-5-7-13(14)15)12-10-19-18(20-11-12)23(3)4/h5-11H,1-4H3. The van der Waals surface area contributed by atoms with Gasteiger partial charge in [-0.3, -0.25) is 4.79 Å². The Labute approximate surface area is 140 Å². The summed E-state index contributed by atoms with van der Waals surface area (Å²) in [6.07, 6.45) is 3.45. The molecule has 0 unspecified atom stereocenters. The van der Waals surface area contributed by atoms with Crippen molar-refractivity contribution in [3.8, 4) is 11.3 Å². The van der Waals surface area contributed by atoms with Gasteiger partial charge in [0.05, 0.1) is 16.8 Å². The zero-order valence-electron chi connectivity index (χ0n) is 14.2. The fourth-order valence-corrected chi connectivity index (χ4v) is 2.43. The maximum Gasteiger partial charge on any atom is 0.254 e. The van der Waals surface area contributed by atoms with Crippen LogP contribution in [0.1, 0.15) is 10.4 Å². The highest BCUT2D eigenvalue weighted by molar-refractivity contribution is 6.07. The molecule has 0 radical (unpaired) electrons. The van der Waals surface area contributed by atoms with Crippen LogP contribution < -0.4 is 4.90 Å². The first-order valence-corrected chi connectivity index (χ1v) is 7.58. The van der Waals surface area contributed by atoms with E-state index in [0.29, 0.717) is 17.2 Å². The molecule has 3 aromatic rings. The van der Waals surface area contributed by atoms with Crippen LogP contribution in [0.4, 0.5) is 5.95 Å². The molecule has 0 bridgehead atoms. The first-order chi connectivity index (χ1) is 11.5. The van der Waals surface area contributed by atoms with Gasteiger partial charge in [0.15, 0.2) is 0 Å². The molecule has 0 atom stereocenters. The number of anilines is 1. The van der Waals surface area contributed by atoms with E-state index in [1.807, 2.05) is 43.3 Å². The Bertz CT molecular complexity index is 888. The second-order valence-electron chi connectivity index (χ2n) is 5.94. The Kier molecular flexibility index (Phi) is 4.12. The molecule has 3 rings (SSSR count). The number of fused-ring (bicyclic) bond motifs is 1. The lowest BCUT2D eigenvalue weighted by molar-refractivity contribution is 0.0829.